The van der Waals surface area contributed by atoms with Gasteiger partial charge in [0.1, 0.15) is 11.5 Å². The number of amides is 1. The average Bonchev–Trinajstić information content (AvgIpc) is 3.18. The van der Waals surface area contributed by atoms with Gasteiger partial charge < -0.3 is 19.8 Å². The third kappa shape index (κ3) is 8.12. The van der Waals surface area contributed by atoms with Crippen molar-refractivity contribution in [2.45, 2.75) is 63.3 Å². The first-order valence-corrected chi connectivity index (χ1v) is 12.0. The van der Waals surface area contributed by atoms with E-state index in [-0.39, 0.29) is 24.1 Å². The van der Waals surface area contributed by atoms with Gasteiger partial charge in [-0.05, 0) is 61.2 Å². The number of halogens is 3. The first-order chi connectivity index (χ1) is 17.1. The normalized spacial score (nSPS) is 17.1. The van der Waals surface area contributed by atoms with E-state index in [1.54, 1.807) is 35.2 Å². The number of rotatable bonds is 12. The van der Waals surface area contributed by atoms with E-state index in [1.165, 1.54) is 12.1 Å². The molecule has 2 N–H and O–H groups in total. The van der Waals surface area contributed by atoms with Crippen molar-refractivity contribution in [1.29, 1.82) is 0 Å². The van der Waals surface area contributed by atoms with E-state index >= 15 is 0 Å². The molecule has 36 heavy (non-hydrogen) atoms. The molecule has 9 heteroatoms. The number of nitrogens with zero attached hydrogens (tertiary/aromatic N) is 1. The van der Waals surface area contributed by atoms with Crippen molar-refractivity contribution < 1.29 is 37.7 Å². The third-order valence-electron chi connectivity index (χ3n) is 6.05. The molecule has 0 radical (unpaired) electrons. The molecule has 194 valence electrons. The molecule has 1 unspecified atom stereocenters. The molecule has 1 heterocycles. The van der Waals surface area contributed by atoms with Crippen LogP contribution in [0.3, 0.4) is 0 Å². The van der Waals surface area contributed by atoms with Crippen LogP contribution in [-0.2, 0) is 15.8 Å². The number of carboxylic acids is 1. The van der Waals surface area contributed by atoms with Crippen LogP contribution in [-0.4, -0.2) is 39.6 Å². The second-order valence-corrected chi connectivity index (χ2v) is 8.78. The number of carbonyl (C=O) groups is 2. The largest absolute Gasteiger partial charge is 0.481 e. The van der Waals surface area contributed by atoms with Gasteiger partial charge in [-0.15, -0.1) is 0 Å². The summed E-state index contributed by atoms with van der Waals surface area (Å²) in [5, 5.41) is 19.3. The van der Waals surface area contributed by atoms with E-state index in [4.69, 9.17) is 9.84 Å². The Labute approximate surface area is 208 Å². The minimum atomic E-state index is -4.42. The molecule has 1 saturated heterocycles. The van der Waals surface area contributed by atoms with Gasteiger partial charge in [0.15, 0.2) is 0 Å². The van der Waals surface area contributed by atoms with Crippen LogP contribution in [0.4, 0.5) is 13.2 Å². The summed E-state index contributed by atoms with van der Waals surface area (Å²) >= 11 is 0. The molecular formula is C27H30F3NO5. The lowest BCUT2D eigenvalue weighted by molar-refractivity contribution is -0.138. The van der Waals surface area contributed by atoms with Gasteiger partial charge in [0, 0.05) is 19.4 Å². The van der Waals surface area contributed by atoms with Gasteiger partial charge in [-0.3, -0.25) is 9.59 Å². The lowest BCUT2D eigenvalue weighted by Crippen LogP contribution is -2.32. The number of aliphatic carboxylic acids is 1. The summed E-state index contributed by atoms with van der Waals surface area (Å²) in [7, 11) is 0. The molecule has 0 aliphatic carbocycles. The predicted molar refractivity (Wildman–Crippen MR) is 128 cm³/mol. The molecule has 1 fully saturated rings. The molecule has 0 aromatic heterocycles. The summed E-state index contributed by atoms with van der Waals surface area (Å²) in [6.07, 6.45) is 2.42. The van der Waals surface area contributed by atoms with E-state index in [1.807, 2.05) is 6.08 Å². The monoisotopic (exact) mass is 505 g/mol. The minimum Gasteiger partial charge on any atom is -0.481 e. The topological polar surface area (TPSA) is 87.1 Å². The Balaban J connectivity index is 1.54. The maximum absolute atomic E-state index is 12.7. The van der Waals surface area contributed by atoms with Crippen LogP contribution in [0.25, 0.3) is 0 Å². The van der Waals surface area contributed by atoms with Crippen LogP contribution in [0.5, 0.6) is 11.5 Å². The van der Waals surface area contributed by atoms with Gasteiger partial charge in [-0.25, -0.2) is 0 Å². The van der Waals surface area contributed by atoms with Gasteiger partial charge in [0.2, 0.25) is 5.91 Å². The number of carbonyl (C=O) groups excluding carboxylic acids is 1. The first-order valence-electron chi connectivity index (χ1n) is 12.0. The second kappa shape index (κ2) is 12.6. The molecule has 1 aliphatic heterocycles. The van der Waals surface area contributed by atoms with Gasteiger partial charge in [0.25, 0.3) is 0 Å². The van der Waals surface area contributed by atoms with Crippen molar-refractivity contribution >= 4 is 11.9 Å². The maximum Gasteiger partial charge on any atom is 0.416 e. The molecule has 1 amide bonds. The van der Waals surface area contributed by atoms with Crippen LogP contribution in [0.2, 0.25) is 0 Å². The lowest BCUT2D eigenvalue weighted by Gasteiger charge is -2.22. The number of benzene rings is 2. The third-order valence-corrected chi connectivity index (χ3v) is 6.05. The van der Waals surface area contributed by atoms with Crippen molar-refractivity contribution in [2.24, 2.45) is 0 Å². The Morgan fingerprint density at radius 2 is 1.81 bits per heavy atom. The highest BCUT2D eigenvalue weighted by Crippen LogP contribution is 2.32. The molecule has 0 bridgehead atoms. The highest BCUT2D eigenvalue weighted by molar-refractivity contribution is 5.79. The number of unbranched alkanes of at least 4 members (excludes halogenated alkanes) is 3. The highest BCUT2D eigenvalue weighted by Gasteiger charge is 2.30. The quantitative estimate of drug-likeness (QED) is 0.268. The summed E-state index contributed by atoms with van der Waals surface area (Å²) < 4.78 is 43.8. The number of carboxylic acid groups (broad SMARTS) is 1. The van der Waals surface area contributed by atoms with Gasteiger partial charge in [-0.1, -0.05) is 37.1 Å². The van der Waals surface area contributed by atoms with E-state index in [0.29, 0.717) is 37.1 Å². The summed E-state index contributed by atoms with van der Waals surface area (Å²) in [6.45, 7) is 0.591. The summed E-state index contributed by atoms with van der Waals surface area (Å²) in [5.41, 5.74) is -0.216. The zero-order valence-electron chi connectivity index (χ0n) is 19.8. The number of ether oxygens (including phenoxy) is 1. The Hall–Kier alpha value is -3.33. The Kier molecular flexibility index (Phi) is 9.52. The molecule has 2 aromatic rings. The summed E-state index contributed by atoms with van der Waals surface area (Å²) in [6, 6.07) is 10.9. The molecule has 2 atom stereocenters. The van der Waals surface area contributed by atoms with Crippen molar-refractivity contribution in [2.75, 3.05) is 6.54 Å². The first kappa shape index (κ1) is 27.3. The molecule has 1 aliphatic rings. The molecule has 3 rings (SSSR count). The average molecular weight is 506 g/mol. The van der Waals surface area contributed by atoms with E-state index < -0.39 is 23.8 Å². The zero-order chi connectivity index (χ0) is 26.1. The number of likely N-dealkylation sites (tertiary alicyclic amines) is 1. The van der Waals surface area contributed by atoms with Crippen molar-refractivity contribution in [3.63, 3.8) is 0 Å². The Bertz CT molecular complexity index is 1050. The molecule has 2 aromatic carbocycles. The second-order valence-electron chi connectivity index (χ2n) is 8.78. The number of aliphatic hydroxyl groups excluding tert-OH is 1. The van der Waals surface area contributed by atoms with Crippen LogP contribution in [0.1, 0.15) is 62.2 Å². The number of hydrogen-bond acceptors (Lipinski definition) is 4. The van der Waals surface area contributed by atoms with Crippen LogP contribution >= 0.6 is 0 Å². The van der Waals surface area contributed by atoms with Gasteiger partial charge in [0.05, 0.1) is 17.7 Å². The standard InChI is InChI=1S/C27H30F3NO5/c28-27(29,30)20-9-13-22(14-10-20)36-23-7-5-6-19(18-23)24(32)15-11-21-12-16-25(33)31(21)17-4-2-1-3-8-26(34)35/h5-7,9-11,13-15,18,21,24,32H,1-4,8,12,16-17H2,(H,34,35)/b15-11+/t21-,24?/m0/s1. The molecular weight excluding hydrogens is 475 g/mol. The number of alkyl halides is 3. The van der Waals surface area contributed by atoms with Gasteiger partial charge in [-0.2, -0.15) is 13.2 Å². The summed E-state index contributed by atoms with van der Waals surface area (Å²) in [5.74, 6) is -0.115. The van der Waals surface area contributed by atoms with Crippen LogP contribution < -0.4 is 4.74 Å². The van der Waals surface area contributed by atoms with E-state index in [9.17, 15) is 27.9 Å². The SMILES string of the molecule is O=C(O)CCCCCCN1C(=O)CC[C@@H]1/C=C/C(O)c1cccc(Oc2ccc(C(F)(F)F)cc2)c1. The molecule has 0 saturated carbocycles. The number of aliphatic hydroxyl groups is 1. The fourth-order valence-electron chi connectivity index (χ4n) is 4.11. The number of hydrogen-bond donors (Lipinski definition) is 2. The van der Waals surface area contributed by atoms with Gasteiger partial charge >= 0.3 is 12.1 Å². The van der Waals surface area contributed by atoms with E-state index in [0.717, 1.165) is 31.4 Å². The Morgan fingerprint density at radius 3 is 2.50 bits per heavy atom. The zero-order valence-corrected chi connectivity index (χ0v) is 19.8. The molecule has 6 nitrogen and oxygen atoms in total. The predicted octanol–water partition coefficient (Wildman–Crippen LogP) is 6.11. The smallest absolute Gasteiger partial charge is 0.416 e. The highest BCUT2D eigenvalue weighted by atomic mass is 19.4. The van der Waals surface area contributed by atoms with Crippen molar-refractivity contribution in [1.82, 2.24) is 4.90 Å². The van der Waals surface area contributed by atoms with Crippen molar-refractivity contribution in [3.8, 4) is 11.5 Å². The fraction of sp³-hybridized carbons (Fsp3) is 0.407. The van der Waals surface area contributed by atoms with Crippen LogP contribution in [0, 0.1) is 0 Å². The minimum absolute atomic E-state index is 0.0663. The molecule has 0 spiro atoms. The van der Waals surface area contributed by atoms with E-state index in [2.05, 4.69) is 0 Å². The van der Waals surface area contributed by atoms with Crippen molar-refractivity contribution in [3.05, 3.63) is 71.8 Å². The van der Waals surface area contributed by atoms with Crippen LogP contribution in [0.15, 0.2) is 60.7 Å². The Morgan fingerprint density at radius 1 is 1.08 bits per heavy atom. The fourth-order valence-corrected chi connectivity index (χ4v) is 4.11. The lowest BCUT2D eigenvalue weighted by atomic mass is 10.1. The maximum atomic E-state index is 12.7. The summed E-state index contributed by atoms with van der Waals surface area (Å²) in [4.78, 5) is 24.6.